The molecule has 8 aromatic carbocycles. The van der Waals surface area contributed by atoms with Crippen LogP contribution in [0.4, 0.5) is 17.1 Å². The predicted molar refractivity (Wildman–Crippen MR) is 212 cm³/mol. The van der Waals surface area contributed by atoms with Gasteiger partial charge in [0.1, 0.15) is 16.7 Å². The SMILES string of the molecule is c1ccc(-c2ccc(-c3ccc(N(c4ccccc4)c4cccc5c4oc4cc6c(cc45)oc4c(-c5ccccc5)cccc46)cc3)cc2)cc1. The number of furan rings is 2. The summed E-state index contributed by atoms with van der Waals surface area (Å²) in [5.41, 5.74) is 13.5. The van der Waals surface area contributed by atoms with Crippen molar-refractivity contribution >= 4 is 60.9 Å². The number of para-hydroxylation sites is 3. The third-order valence-electron chi connectivity index (χ3n) is 9.89. The molecule has 2 heterocycles. The molecule has 2 aromatic heterocycles. The fourth-order valence-corrected chi connectivity index (χ4v) is 7.39. The molecule has 51 heavy (non-hydrogen) atoms. The Hall–Kier alpha value is -6.84. The molecule has 0 atom stereocenters. The highest BCUT2D eigenvalue weighted by atomic mass is 16.3. The van der Waals surface area contributed by atoms with Crippen molar-refractivity contribution in [2.45, 2.75) is 0 Å². The van der Waals surface area contributed by atoms with Crippen LogP contribution in [0.3, 0.4) is 0 Å². The lowest BCUT2D eigenvalue weighted by atomic mass is 10.00. The van der Waals surface area contributed by atoms with Crippen LogP contribution in [-0.4, -0.2) is 0 Å². The maximum Gasteiger partial charge on any atom is 0.159 e. The van der Waals surface area contributed by atoms with E-state index in [0.717, 1.165) is 72.1 Å². The molecule has 0 saturated heterocycles. The molecule has 3 nitrogen and oxygen atoms in total. The van der Waals surface area contributed by atoms with Crippen molar-refractivity contribution in [3.05, 3.63) is 188 Å². The number of rotatable bonds is 6. The highest BCUT2D eigenvalue weighted by Crippen LogP contribution is 2.45. The zero-order valence-electron chi connectivity index (χ0n) is 27.7. The monoisotopic (exact) mass is 653 g/mol. The smallest absolute Gasteiger partial charge is 0.159 e. The second-order valence-electron chi connectivity index (χ2n) is 12.9. The van der Waals surface area contributed by atoms with Crippen molar-refractivity contribution in [3.63, 3.8) is 0 Å². The van der Waals surface area contributed by atoms with E-state index < -0.39 is 0 Å². The van der Waals surface area contributed by atoms with Crippen LogP contribution in [0, 0.1) is 0 Å². The van der Waals surface area contributed by atoms with Crippen molar-refractivity contribution in [1.82, 2.24) is 0 Å². The molecule has 0 aliphatic rings. The van der Waals surface area contributed by atoms with Gasteiger partial charge in [-0.1, -0.05) is 146 Å². The van der Waals surface area contributed by atoms with Gasteiger partial charge in [0.2, 0.25) is 0 Å². The molecule has 0 N–H and O–H groups in total. The molecule has 0 unspecified atom stereocenters. The number of anilines is 3. The van der Waals surface area contributed by atoms with Gasteiger partial charge in [-0.05, 0) is 70.3 Å². The van der Waals surface area contributed by atoms with Crippen molar-refractivity contribution in [3.8, 4) is 33.4 Å². The Kier molecular flexibility index (Phi) is 6.81. The largest absolute Gasteiger partial charge is 0.455 e. The minimum Gasteiger partial charge on any atom is -0.455 e. The maximum absolute atomic E-state index is 6.81. The fraction of sp³-hybridized carbons (Fsp3) is 0. The first-order valence-electron chi connectivity index (χ1n) is 17.3. The number of hydrogen-bond donors (Lipinski definition) is 0. The summed E-state index contributed by atoms with van der Waals surface area (Å²) in [6.07, 6.45) is 0. The van der Waals surface area contributed by atoms with Crippen LogP contribution in [0.25, 0.3) is 77.3 Å². The van der Waals surface area contributed by atoms with E-state index in [1.807, 2.05) is 18.2 Å². The zero-order valence-corrected chi connectivity index (χ0v) is 27.7. The summed E-state index contributed by atoms with van der Waals surface area (Å²) in [5, 5.41) is 4.20. The van der Waals surface area contributed by atoms with E-state index in [9.17, 15) is 0 Å². The first kappa shape index (κ1) is 29.1. The quantitative estimate of drug-likeness (QED) is 0.179. The summed E-state index contributed by atoms with van der Waals surface area (Å²) in [6.45, 7) is 0. The summed E-state index contributed by atoms with van der Waals surface area (Å²) in [7, 11) is 0. The Morgan fingerprint density at radius 3 is 1.37 bits per heavy atom. The fourth-order valence-electron chi connectivity index (χ4n) is 7.39. The Labute approximate surface area is 295 Å². The van der Waals surface area contributed by atoms with Gasteiger partial charge in [-0.3, -0.25) is 0 Å². The minimum absolute atomic E-state index is 0.832. The molecule has 0 bridgehead atoms. The molecule has 0 spiro atoms. The van der Waals surface area contributed by atoms with Gasteiger partial charge in [-0.15, -0.1) is 0 Å². The lowest BCUT2D eigenvalue weighted by Crippen LogP contribution is -2.10. The maximum atomic E-state index is 6.81. The first-order chi connectivity index (χ1) is 25.3. The lowest BCUT2D eigenvalue weighted by Gasteiger charge is -2.25. The number of hydrogen-bond acceptors (Lipinski definition) is 3. The molecule has 240 valence electrons. The van der Waals surface area contributed by atoms with Gasteiger partial charge in [0.15, 0.2) is 5.58 Å². The van der Waals surface area contributed by atoms with Crippen LogP contribution in [0.1, 0.15) is 0 Å². The average molecular weight is 654 g/mol. The molecule has 3 heteroatoms. The van der Waals surface area contributed by atoms with Crippen LogP contribution in [0.5, 0.6) is 0 Å². The Balaban J connectivity index is 1.07. The minimum atomic E-state index is 0.832. The summed E-state index contributed by atoms with van der Waals surface area (Å²) < 4.78 is 13.4. The molecule has 10 rings (SSSR count). The Bertz CT molecular complexity index is 2820. The van der Waals surface area contributed by atoms with E-state index in [-0.39, 0.29) is 0 Å². The lowest BCUT2D eigenvalue weighted by molar-refractivity contribution is 0.664. The van der Waals surface area contributed by atoms with E-state index in [1.165, 1.54) is 22.3 Å². The van der Waals surface area contributed by atoms with Crippen molar-refractivity contribution < 1.29 is 8.83 Å². The standard InChI is InChI=1S/C48H31NO2/c1-4-12-32(13-5-1)33-22-24-34(25-23-33)35-26-28-38(29-27-35)49(37-16-8-3-9-17-37)44-21-11-20-41-43-31-45-42(30-46(43)51-48(41)44)40-19-10-18-39(47(40)50-45)36-14-6-2-7-15-36/h1-31H. The van der Waals surface area contributed by atoms with Crippen molar-refractivity contribution in [1.29, 1.82) is 0 Å². The molecule has 0 fully saturated rings. The third-order valence-corrected chi connectivity index (χ3v) is 9.89. The summed E-state index contributed by atoms with van der Waals surface area (Å²) in [5.74, 6) is 0. The van der Waals surface area contributed by atoms with Crippen LogP contribution in [0.15, 0.2) is 197 Å². The number of nitrogens with zero attached hydrogens (tertiary/aromatic N) is 1. The molecule has 0 saturated carbocycles. The molecule has 0 amide bonds. The highest BCUT2D eigenvalue weighted by molar-refractivity contribution is 6.18. The summed E-state index contributed by atoms with van der Waals surface area (Å²) in [4.78, 5) is 2.28. The average Bonchev–Trinajstić information content (AvgIpc) is 3.76. The molecule has 0 radical (unpaired) electrons. The molecule has 0 aliphatic carbocycles. The van der Waals surface area contributed by atoms with Gasteiger partial charge >= 0.3 is 0 Å². The number of benzene rings is 8. The van der Waals surface area contributed by atoms with E-state index in [0.29, 0.717) is 0 Å². The van der Waals surface area contributed by atoms with E-state index >= 15 is 0 Å². The van der Waals surface area contributed by atoms with Gasteiger partial charge in [0, 0.05) is 38.5 Å². The van der Waals surface area contributed by atoms with Crippen LogP contribution >= 0.6 is 0 Å². The summed E-state index contributed by atoms with van der Waals surface area (Å²) >= 11 is 0. The third kappa shape index (κ3) is 4.98. The molecule has 0 aliphatic heterocycles. The van der Waals surface area contributed by atoms with Crippen LogP contribution < -0.4 is 4.90 Å². The van der Waals surface area contributed by atoms with Crippen molar-refractivity contribution in [2.75, 3.05) is 4.90 Å². The zero-order chi connectivity index (χ0) is 33.7. The van der Waals surface area contributed by atoms with Crippen LogP contribution in [0.2, 0.25) is 0 Å². The Morgan fingerprint density at radius 1 is 0.314 bits per heavy atom. The molecular formula is C48H31NO2. The van der Waals surface area contributed by atoms with Gasteiger partial charge in [0.05, 0.1) is 5.69 Å². The highest BCUT2D eigenvalue weighted by Gasteiger charge is 2.21. The van der Waals surface area contributed by atoms with E-state index in [1.54, 1.807) is 0 Å². The molecule has 10 aromatic rings. The van der Waals surface area contributed by atoms with E-state index in [4.69, 9.17) is 8.83 Å². The van der Waals surface area contributed by atoms with Crippen LogP contribution in [-0.2, 0) is 0 Å². The number of fused-ring (bicyclic) bond motifs is 6. The van der Waals surface area contributed by atoms with Gasteiger partial charge < -0.3 is 13.7 Å². The topological polar surface area (TPSA) is 29.5 Å². The van der Waals surface area contributed by atoms with Gasteiger partial charge in [-0.2, -0.15) is 0 Å². The van der Waals surface area contributed by atoms with Crippen molar-refractivity contribution in [2.24, 2.45) is 0 Å². The van der Waals surface area contributed by atoms with Gasteiger partial charge in [-0.25, -0.2) is 0 Å². The van der Waals surface area contributed by atoms with E-state index in [2.05, 4.69) is 175 Å². The summed E-state index contributed by atoms with van der Waals surface area (Å²) in [6, 6.07) is 66.0. The predicted octanol–water partition coefficient (Wildman–Crippen LogP) is 14.0. The second kappa shape index (κ2) is 11.9. The second-order valence-corrected chi connectivity index (χ2v) is 12.9. The first-order valence-corrected chi connectivity index (χ1v) is 17.3. The van der Waals surface area contributed by atoms with Gasteiger partial charge in [0.25, 0.3) is 0 Å². The Morgan fingerprint density at radius 2 is 0.765 bits per heavy atom. The normalized spacial score (nSPS) is 11.5. The molecular weight excluding hydrogens is 623 g/mol.